The van der Waals surface area contributed by atoms with Crippen LogP contribution in [0.4, 0.5) is 10.1 Å². The molecule has 3 saturated heterocycles. The monoisotopic (exact) mass is 664 g/mol. The molecule has 3 aliphatic rings. The van der Waals surface area contributed by atoms with Gasteiger partial charge in [0.15, 0.2) is 0 Å². The Morgan fingerprint density at radius 1 is 1.12 bits per heavy atom. The Balaban J connectivity index is 1.61. The summed E-state index contributed by atoms with van der Waals surface area (Å²) in [5.41, 5.74) is 3.27. The van der Waals surface area contributed by atoms with Gasteiger partial charge >= 0.3 is 6.02 Å². The van der Waals surface area contributed by atoms with E-state index in [0.29, 0.717) is 37.6 Å². The Labute approximate surface area is 287 Å². The standard InChI is InChI=1S/C38H57FN6O3/c1-8-12-15-29-16-13-17-34(31(29)24-39)43(20-9-2)25-30(11-4)41-37(48-23-19-38(6)18-14-22-45(38)21-10-3)40-28(5)44-26-32-33(27-44)36(47)42(7)35(32)46/h11-13,15-17,32-33H,8-10,14,18-27H2,1-7H3/b15-12-,30-11+,40-28?,41-37?. The highest BCUT2D eigenvalue weighted by atomic mass is 19.1. The van der Waals surface area contributed by atoms with Crippen LogP contribution < -0.4 is 4.90 Å². The number of halogens is 1. The fourth-order valence-corrected chi connectivity index (χ4v) is 7.35. The van der Waals surface area contributed by atoms with Gasteiger partial charge in [0.25, 0.3) is 0 Å². The molecule has 1 aromatic carbocycles. The summed E-state index contributed by atoms with van der Waals surface area (Å²) in [6.45, 7) is 16.8. The van der Waals surface area contributed by atoms with E-state index in [1.54, 1.807) is 7.05 Å². The zero-order chi connectivity index (χ0) is 34.8. The first-order chi connectivity index (χ1) is 23.1. The van der Waals surface area contributed by atoms with Crippen molar-refractivity contribution in [2.24, 2.45) is 21.8 Å². The average Bonchev–Trinajstić information content (AvgIpc) is 3.74. The minimum atomic E-state index is -0.557. The molecule has 0 spiro atoms. The molecule has 264 valence electrons. The number of hydrogen-bond donors (Lipinski definition) is 0. The van der Waals surface area contributed by atoms with Gasteiger partial charge in [-0.15, -0.1) is 0 Å². The number of rotatable bonds is 14. The van der Waals surface area contributed by atoms with Crippen LogP contribution in [0.5, 0.6) is 0 Å². The highest BCUT2D eigenvalue weighted by Crippen LogP contribution is 2.34. The lowest BCUT2D eigenvalue weighted by Gasteiger charge is -2.35. The molecular weight excluding hydrogens is 607 g/mol. The number of carbonyl (C=O) groups excluding carboxylic acids is 2. The minimum absolute atomic E-state index is 0.0698. The van der Waals surface area contributed by atoms with Crippen molar-refractivity contribution >= 4 is 35.4 Å². The molecule has 0 aromatic heterocycles. The van der Waals surface area contributed by atoms with Gasteiger partial charge in [0.1, 0.15) is 12.5 Å². The number of likely N-dealkylation sites (tertiary alicyclic amines) is 3. The molecule has 48 heavy (non-hydrogen) atoms. The molecular formula is C38H57FN6O3. The zero-order valence-electron chi connectivity index (χ0n) is 30.3. The molecule has 0 N–H and O–H groups in total. The van der Waals surface area contributed by atoms with Crippen LogP contribution in [0.2, 0.25) is 0 Å². The van der Waals surface area contributed by atoms with Gasteiger partial charge < -0.3 is 14.5 Å². The summed E-state index contributed by atoms with van der Waals surface area (Å²) in [5.74, 6) is -0.270. The van der Waals surface area contributed by atoms with Gasteiger partial charge in [-0.2, -0.15) is 9.98 Å². The van der Waals surface area contributed by atoms with Gasteiger partial charge in [-0.1, -0.05) is 51.1 Å². The van der Waals surface area contributed by atoms with Crippen LogP contribution in [0, 0.1) is 11.8 Å². The topological polar surface area (TPSA) is 81.1 Å². The third-order valence-electron chi connectivity index (χ3n) is 10.2. The van der Waals surface area contributed by atoms with Gasteiger partial charge in [0.05, 0.1) is 30.7 Å². The van der Waals surface area contributed by atoms with E-state index in [2.05, 4.69) is 43.6 Å². The van der Waals surface area contributed by atoms with Crippen LogP contribution >= 0.6 is 0 Å². The van der Waals surface area contributed by atoms with Crippen molar-refractivity contribution in [3.63, 3.8) is 0 Å². The number of anilines is 1. The third kappa shape index (κ3) is 8.54. The molecule has 0 saturated carbocycles. The number of allylic oxidation sites excluding steroid dienone is 2. The van der Waals surface area contributed by atoms with Crippen molar-refractivity contribution in [1.29, 1.82) is 0 Å². The number of ether oxygens (including phenoxy) is 1. The van der Waals surface area contributed by atoms with Crippen LogP contribution in [-0.2, 0) is 21.0 Å². The summed E-state index contributed by atoms with van der Waals surface area (Å²) < 4.78 is 20.9. The molecule has 10 heteroatoms. The van der Waals surface area contributed by atoms with Crippen molar-refractivity contribution in [1.82, 2.24) is 14.7 Å². The van der Waals surface area contributed by atoms with Gasteiger partial charge in [-0.05, 0) is 84.0 Å². The molecule has 1 aromatic rings. The van der Waals surface area contributed by atoms with Gasteiger partial charge in [0, 0.05) is 43.5 Å². The highest BCUT2D eigenvalue weighted by Gasteiger charge is 2.51. The fraction of sp³-hybridized carbons (Fsp3) is 0.632. The first-order valence-corrected chi connectivity index (χ1v) is 17.9. The number of carbonyl (C=O) groups is 2. The van der Waals surface area contributed by atoms with Crippen molar-refractivity contribution in [2.45, 2.75) is 92.3 Å². The average molecular weight is 665 g/mol. The number of alkyl halides is 1. The lowest BCUT2D eigenvalue weighted by atomic mass is 9.95. The van der Waals surface area contributed by atoms with E-state index in [0.717, 1.165) is 68.7 Å². The number of amidine groups is 2. The van der Waals surface area contributed by atoms with Crippen LogP contribution in [0.1, 0.15) is 91.2 Å². The van der Waals surface area contributed by atoms with Crippen molar-refractivity contribution in [3.8, 4) is 0 Å². The first-order valence-electron chi connectivity index (χ1n) is 17.9. The molecule has 4 rings (SSSR count). The van der Waals surface area contributed by atoms with Crippen LogP contribution in [0.25, 0.3) is 6.08 Å². The third-order valence-corrected chi connectivity index (χ3v) is 10.2. The largest absolute Gasteiger partial charge is 0.463 e. The van der Waals surface area contributed by atoms with E-state index in [9.17, 15) is 14.0 Å². The Morgan fingerprint density at radius 3 is 2.48 bits per heavy atom. The zero-order valence-corrected chi connectivity index (χ0v) is 30.3. The Bertz CT molecular complexity index is 1380. The van der Waals surface area contributed by atoms with E-state index in [1.165, 1.54) is 11.3 Å². The number of benzene rings is 1. The Morgan fingerprint density at radius 2 is 1.85 bits per heavy atom. The predicted molar refractivity (Wildman–Crippen MR) is 194 cm³/mol. The maximum atomic E-state index is 14.5. The summed E-state index contributed by atoms with van der Waals surface area (Å²) in [4.78, 5) is 43.2. The molecule has 9 nitrogen and oxygen atoms in total. The van der Waals surface area contributed by atoms with E-state index >= 15 is 0 Å². The first kappa shape index (κ1) is 37.3. The molecule has 3 fully saturated rings. The van der Waals surface area contributed by atoms with Gasteiger partial charge in [-0.3, -0.25) is 19.4 Å². The molecule has 3 unspecified atom stereocenters. The highest BCUT2D eigenvalue weighted by molar-refractivity contribution is 6.06. The van der Waals surface area contributed by atoms with Crippen molar-refractivity contribution < 1.29 is 18.7 Å². The maximum Gasteiger partial charge on any atom is 0.318 e. The lowest BCUT2D eigenvalue weighted by molar-refractivity contribution is -0.138. The SMILES string of the molecule is C/C=C(\CN(CCC)c1cccc(/C=C\CC)c1CF)N=C(N=C(C)N1CC2C(=O)N(C)C(=O)C2C1)OCCC1(C)CCCN1CCC. The number of imide groups is 1. The van der Waals surface area contributed by atoms with E-state index in [1.807, 2.05) is 49.1 Å². The lowest BCUT2D eigenvalue weighted by Crippen LogP contribution is -2.42. The summed E-state index contributed by atoms with van der Waals surface area (Å²) in [6.07, 6.45) is 12.1. The quantitative estimate of drug-likeness (QED) is 0.125. The second kappa shape index (κ2) is 17.2. The summed E-state index contributed by atoms with van der Waals surface area (Å²) in [6, 6.07) is 6.19. The van der Waals surface area contributed by atoms with Gasteiger partial charge in [-0.25, -0.2) is 4.39 Å². The van der Waals surface area contributed by atoms with Crippen LogP contribution in [0.15, 0.2) is 46.0 Å². The second-order valence-corrected chi connectivity index (χ2v) is 13.6. The summed E-state index contributed by atoms with van der Waals surface area (Å²) in [7, 11) is 1.56. The normalized spacial score (nSPS) is 24.0. The van der Waals surface area contributed by atoms with Crippen molar-refractivity contribution in [3.05, 3.63) is 47.2 Å². The Kier molecular flexibility index (Phi) is 13.4. The molecule has 3 heterocycles. The fourth-order valence-electron chi connectivity index (χ4n) is 7.35. The van der Waals surface area contributed by atoms with E-state index in [-0.39, 0.29) is 35.2 Å². The molecule has 2 amide bonds. The van der Waals surface area contributed by atoms with Crippen molar-refractivity contribution in [2.75, 3.05) is 57.8 Å². The number of nitrogens with zero attached hydrogens (tertiary/aromatic N) is 6. The number of hydrogen-bond acceptors (Lipinski definition) is 6. The smallest absolute Gasteiger partial charge is 0.318 e. The van der Waals surface area contributed by atoms with E-state index < -0.39 is 6.67 Å². The van der Waals surface area contributed by atoms with Crippen LogP contribution in [0.3, 0.4) is 0 Å². The molecule has 0 radical (unpaired) electrons. The molecule has 3 aliphatic heterocycles. The number of aliphatic imine (C=N–C) groups is 2. The Hall–Kier alpha value is -3.53. The molecule has 0 aliphatic carbocycles. The summed E-state index contributed by atoms with van der Waals surface area (Å²) in [5, 5.41) is 0. The predicted octanol–water partition coefficient (Wildman–Crippen LogP) is 6.69. The molecule has 3 atom stereocenters. The molecule has 0 bridgehead atoms. The second-order valence-electron chi connectivity index (χ2n) is 13.6. The number of fused-ring (bicyclic) bond motifs is 1. The number of amides is 2. The maximum absolute atomic E-state index is 14.5. The minimum Gasteiger partial charge on any atom is -0.463 e. The summed E-state index contributed by atoms with van der Waals surface area (Å²) >= 11 is 0. The van der Waals surface area contributed by atoms with Crippen LogP contribution in [-0.4, -0.2) is 96.8 Å². The van der Waals surface area contributed by atoms with E-state index in [4.69, 9.17) is 14.7 Å². The van der Waals surface area contributed by atoms with Gasteiger partial charge in [0.2, 0.25) is 11.8 Å².